The first-order chi connectivity index (χ1) is 13.4. The third-order valence-corrected chi connectivity index (χ3v) is 4.41. The van der Waals surface area contributed by atoms with Crippen molar-refractivity contribution >= 4 is 11.6 Å². The molecule has 2 rings (SSSR count). The Kier molecular flexibility index (Phi) is 13.8. The first-order valence-electron chi connectivity index (χ1n) is 10.9. The van der Waals surface area contributed by atoms with Gasteiger partial charge in [0.05, 0.1) is 0 Å². The van der Waals surface area contributed by atoms with Gasteiger partial charge >= 0.3 is 0 Å². The van der Waals surface area contributed by atoms with E-state index in [0.717, 1.165) is 12.0 Å². The lowest BCUT2D eigenvalue weighted by molar-refractivity contribution is 0.836. The fourth-order valence-corrected chi connectivity index (χ4v) is 2.73. The second-order valence-corrected chi connectivity index (χ2v) is 7.37. The van der Waals surface area contributed by atoms with Crippen molar-refractivity contribution in [3.05, 3.63) is 82.9 Å². The molecule has 0 nitrogen and oxygen atoms in total. The van der Waals surface area contributed by atoms with Gasteiger partial charge in [-0.05, 0) is 60.4 Å². The number of allylic oxidation sites excluding steroid dienone is 2. The summed E-state index contributed by atoms with van der Waals surface area (Å²) in [6.07, 6.45) is 7.98. The summed E-state index contributed by atoms with van der Waals surface area (Å²) in [4.78, 5) is 0. The molecule has 0 amide bonds. The molecular weight excluding hydrogens is 336 g/mol. The Labute approximate surface area is 175 Å². The molecule has 0 aliphatic carbocycles. The molecule has 0 atom stereocenters. The molecule has 0 saturated carbocycles. The molecule has 0 saturated heterocycles. The van der Waals surface area contributed by atoms with Crippen LogP contribution in [0.2, 0.25) is 0 Å². The van der Waals surface area contributed by atoms with E-state index in [2.05, 4.69) is 95.8 Å². The van der Waals surface area contributed by atoms with Gasteiger partial charge in [0.2, 0.25) is 0 Å². The molecule has 0 aromatic heterocycles. The fraction of sp³-hybridized carbons (Fsp3) is 0.429. The van der Waals surface area contributed by atoms with Gasteiger partial charge in [-0.1, -0.05) is 115 Å². The van der Waals surface area contributed by atoms with Crippen molar-refractivity contribution in [2.45, 2.75) is 74.7 Å². The molecule has 28 heavy (non-hydrogen) atoms. The molecule has 0 unspecified atom stereocenters. The second kappa shape index (κ2) is 14.9. The maximum absolute atomic E-state index is 3.91. The van der Waals surface area contributed by atoms with Crippen LogP contribution in [0.3, 0.4) is 0 Å². The third kappa shape index (κ3) is 10.3. The lowest BCUT2D eigenvalue weighted by Gasteiger charge is -2.05. The van der Waals surface area contributed by atoms with Gasteiger partial charge in [0, 0.05) is 0 Å². The van der Waals surface area contributed by atoms with Gasteiger partial charge in [-0.2, -0.15) is 0 Å². The van der Waals surface area contributed by atoms with Crippen LogP contribution in [0.5, 0.6) is 0 Å². The molecule has 0 N–H and O–H groups in total. The zero-order valence-corrected chi connectivity index (χ0v) is 19.6. The highest BCUT2D eigenvalue weighted by Crippen LogP contribution is 2.14. The molecule has 0 bridgehead atoms. The quantitative estimate of drug-likeness (QED) is 0.470. The number of rotatable bonds is 6. The largest absolute Gasteiger partial charge is 0.0955 e. The zero-order valence-electron chi connectivity index (χ0n) is 19.6. The maximum atomic E-state index is 3.91. The average molecular weight is 379 g/mol. The first kappa shape index (κ1) is 25.9. The van der Waals surface area contributed by atoms with Gasteiger partial charge in [0.25, 0.3) is 0 Å². The van der Waals surface area contributed by atoms with Crippen LogP contribution >= 0.6 is 0 Å². The number of hydrogen-bond acceptors (Lipinski definition) is 0. The van der Waals surface area contributed by atoms with E-state index in [9.17, 15) is 0 Å². The number of benzene rings is 2. The highest BCUT2D eigenvalue weighted by molar-refractivity contribution is 5.63. The minimum absolute atomic E-state index is 0.607. The van der Waals surface area contributed by atoms with Crippen LogP contribution in [0.15, 0.2) is 55.1 Å². The molecule has 0 radical (unpaired) electrons. The SMILES string of the molecule is C=C(C)c1ccc(/C=C/C(C)C)cc1.CC.CCCc1ccc(C)c(CC)c1. The van der Waals surface area contributed by atoms with Crippen LogP contribution in [0, 0.1) is 12.8 Å². The molecule has 0 fully saturated rings. The Balaban J connectivity index is 0.000000483. The lowest BCUT2D eigenvalue weighted by atomic mass is 10.0. The summed E-state index contributed by atoms with van der Waals surface area (Å²) < 4.78 is 0. The standard InChI is InChI=1S/C14H18.C12H18.C2H6/c1-11(2)5-6-13-7-9-14(10-8-13)12(3)4;1-4-6-11-8-7-10(3)12(5-2)9-11;1-2/h5-11H,3H2,1-2,4H3;7-9H,4-6H2,1-3H3;1-2H3/b6-5+;;. The van der Waals surface area contributed by atoms with Gasteiger partial charge in [-0.25, -0.2) is 0 Å². The summed E-state index contributed by atoms with van der Waals surface area (Å²) in [5, 5.41) is 0. The minimum atomic E-state index is 0.607. The van der Waals surface area contributed by atoms with Crippen LogP contribution < -0.4 is 0 Å². The molecule has 0 aliphatic heterocycles. The van der Waals surface area contributed by atoms with E-state index in [4.69, 9.17) is 0 Å². The average Bonchev–Trinajstić information content (AvgIpc) is 2.70. The van der Waals surface area contributed by atoms with Crippen LogP contribution in [-0.4, -0.2) is 0 Å². The summed E-state index contributed by atoms with van der Waals surface area (Å²) in [6, 6.07) is 15.3. The summed E-state index contributed by atoms with van der Waals surface area (Å²) in [5.74, 6) is 0.607. The van der Waals surface area contributed by atoms with Crippen LogP contribution in [0.1, 0.15) is 82.7 Å². The lowest BCUT2D eigenvalue weighted by Crippen LogP contribution is -1.90. The summed E-state index contributed by atoms with van der Waals surface area (Å²) in [7, 11) is 0. The normalized spacial score (nSPS) is 10.2. The molecule has 0 heterocycles. The van der Waals surface area contributed by atoms with E-state index in [1.807, 2.05) is 20.8 Å². The van der Waals surface area contributed by atoms with Crippen LogP contribution in [-0.2, 0) is 12.8 Å². The topological polar surface area (TPSA) is 0 Å². The van der Waals surface area contributed by atoms with Gasteiger partial charge in [-0.3, -0.25) is 0 Å². The van der Waals surface area contributed by atoms with Crippen LogP contribution in [0.25, 0.3) is 11.6 Å². The van der Waals surface area contributed by atoms with E-state index < -0.39 is 0 Å². The van der Waals surface area contributed by atoms with Gasteiger partial charge < -0.3 is 0 Å². The predicted octanol–water partition coefficient (Wildman–Crippen LogP) is 8.93. The summed E-state index contributed by atoms with van der Waals surface area (Å²) in [5.41, 5.74) is 8.00. The van der Waals surface area contributed by atoms with E-state index in [1.165, 1.54) is 40.7 Å². The molecule has 154 valence electrons. The number of aryl methyl sites for hydroxylation is 3. The first-order valence-corrected chi connectivity index (χ1v) is 10.9. The molecule has 2 aromatic carbocycles. The van der Waals surface area contributed by atoms with Crippen molar-refractivity contribution in [3.8, 4) is 0 Å². The Morgan fingerprint density at radius 1 is 1.00 bits per heavy atom. The van der Waals surface area contributed by atoms with E-state index in [0.29, 0.717) is 5.92 Å². The predicted molar refractivity (Wildman–Crippen MR) is 131 cm³/mol. The Hall–Kier alpha value is -2.08. The molecule has 0 spiro atoms. The van der Waals surface area contributed by atoms with E-state index in [-0.39, 0.29) is 0 Å². The summed E-state index contributed by atoms with van der Waals surface area (Å²) in [6.45, 7) is 20.9. The van der Waals surface area contributed by atoms with E-state index in [1.54, 1.807) is 0 Å². The second-order valence-electron chi connectivity index (χ2n) is 7.37. The summed E-state index contributed by atoms with van der Waals surface area (Å²) >= 11 is 0. The molecule has 0 heteroatoms. The molecular formula is C28H42. The van der Waals surface area contributed by atoms with Crippen molar-refractivity contribution in [1.82, 2.24) is 0 Å². The zero-order chi connectivity index (χ0) is 21.5. The van der Waals surface area contributed by atoms with Gasteiger partial charge in [0.15, 0.2) is 0 Å². The fourth-order valence-electron chi connectivity index (χ4n) is 2.73. The third-order valence-electron chi connectivity index (χ3n) is 4.41. The number of hydrogen-bond donors (Lipinski definition) is 0. The molecule has 0 aliphatic rings. The smallest absolute Gasteiger partial charge is 0.0233 e. The Bertz CT molecular complexity index is 699. The van der Waals surface area contributed by atoms with Crippen molar-refractivity contribution in [1.29, 1.82) is 0 Å². The van der Waals surface area contributed by atoms with Crippen LogP contribution in [0.4, 0.5) is 0 Å². The minimum Gasteiger partial charge on any atom is -0.0955 e. The Morgan fingerprint density at radius 3 is 2.07 bits per heavy atom. The van der Waals surface area contributed by atoms with Crippen molar-refractivity contribution in [2.24, 2.45) is 5.92 Å². The van der Waals surface area contributed by atoms with Crippen molar-refractivity contribution in [3.63, 3.8) is 0 Å². The van der Waals surface area contributed by atoms with E-state index >= 15 is 0 Å². The monoisotopic (exact) mass is 378 g/mol. The maximum Gasteiger partial charge on any atom is -0.0233 e. The van der Waals surface area contributed by atoms with Gasteiger partial charge in [0.1, 0.15) is 0 Å². The highest BCUT2D eigenvalue weighted by Gasteiger charge is 1.97. The molecule has 2 aromatic rings. The Morgan fingerprint density at radius 2 is 1.61 bits per heavy atom. The van der Waals surface area contributed by atoms with Crippen molar-refractivity contribution in [2.75, 3.05) is 0 Å². The van der Waals surface area contributed by atoms with Crippen molar-refractivity contribution < 1.29 is 0 Å². The highest BCUT2D eigenvalue weighted by atomic mass is 14.0. The van der Waals surface area contributed by atoms with Gasteiger partial charge in [-0.15, -0.1) is 0 Å².